The van der Waals surface area contributed by atoms with Crippen LogP contribution in [0.15, 0.2) is 53.1 Å². The number of nitrogens with two attached hydrogens (primary N) is 1. The van der Waals surface area contributed by atoms with E-state index in [-0.39, 0.29) is 5.78 Å². The molecule has 3 nitrogen and oxygen atoms in total. The number of hydrogen-bond acceptors (Lipinski definition) is 2. The smallest absolute Gasteiger partial charge is 0.196 e. The van der Waals surface area contributed by atoms with E-state index in [4.69, 9.17) is 5.73 Å². The Labute approximate surface area is 118 Å². The van der Waals surface area contributed by atoms with Crippen molar-refractivity contribution in [2.75, 3.05) is 5.73 Å². The van der Waals surface area contributed by atoms with Crippen LogP contribution < -0.4 is 5.73 Å². The summed E-state index contributed by atoms with van der Waals surface area (Å²) in [6.45, 7) is 0. The molecule has 0 aliphatic rings. The quantitative estimate of drug-likeness (QED) is 0.559. The highest BCUT2D eigenvalue weighted by Gasteiger charge is 2.17. The van der Waals surface area contributed by atoms with Gasteiger partial charge in [0.05, 0.1) is 4.47 Å². The number of nitrogen functional groups attached to an aromatic ring is 1. The van der Waals surface area contributed by atoms with Crippen molar-refractivity contribution in [3.05, 3.63) is 64.3 Å². The van der Waals surface area contributed by atoms with Gasteiger partial charge in [0.25, 0.3) is 0 Å². The van der Waals surface area contributed by atoms with Crippen LogP contribution in [-0.4, -0.2) is 10.8 Å². The van der Waals surface area contributed by atoms with Crippen LogP contribution >= 0.6 is 15.9 Å². The summed E-state index contributed by atoms with van der Waals surface area (Å²) in [5.41, 5.74) is 8.56. The summed E-state index contributed by atoms with van der Waals surface area (Å²) >= 11 is 3.37. The molecule has 0 aliphatic carbocycles. The molecule has 0 unspecified atom stereocenters. The van der Waals surface area contributed by atoms with Gasteiger partial charge in [0.1, 0.15) is 0 Å². The largest absolute Gasteiger partial charge is 0.398 e. The molecule has 0 spiro atoms. The standard InChI is InChI=1S/C15H11BrN2O/c16-14-10(5-3-6-12(14)17)15(19)11-8-18-13-7-2-1-4-9(11)13/h1-8,18H,17H2. The number of H-pyrrole nitrogens is 1. The van der Waals surface area contributed by atoms with Crippen molar-refractivity contribution in [3.8, 4) is 0 Å². The van der Waals surface area contributed by atoms with Crippen LogP contribution in [0.2, 0.25) is 0 Å². The zero-order valence-corrected chi connectivity index (χ0v) is 11.6. The SMILES string of the molecule is Nc1cccc(C(=O)c2c[nH]c3ccccc23)c1Br. The Morgan fingerprint density at radius 1 is 1.05 bits per heavy atom. The second-order valence-corrected chi connectivity index (χ2v) is 5.08. The zero-order valence-electron chi connectivity index (χ0n) is 9.98. The van der Waals surface area contributed by atoms with Crippen molar-refractivity contribution in [2.45, 2.75) is 0 Å². The molecule has 3 rings (SSSR count). The molecule has 94 valence electrons. The Kier molecular flexibility index (Phi) is 2.87. The second kappa shape index (κ2) is 4.55. The highest BCUT2D eigenvalue weighted by atomic mass is 79.9. The third-order valence-corrected chi connectivity index (χ3v) is 3.99. The van der Waals surface area contributed by atoms with Crippen molar-refractivity contribution in [1.29, 1.82) is 0 Å². The van der Waals surface area contributed by atoms with Crippen molar-refractivity contribution >= 4 is 38.3 Å². The number of halogens is 1. The molecule has 0 aliphatic heterocycles. The van der Waals surface area contributed by atoms with Crippen LogP contribution in [0, 0.1) is 0 Å². The van der Waals surface area contributed by atoms with Gasteiger partial charge in [-0.15, -0.1) is 0 Å². The third-order valence-electron chi connectivity index (χ3n) is 3.11. The Bertz CT molecular complexity index is 777. The van der Waals surface area contributed by atoms with Gasteiger partial charge in [-0.05, 0) is 34.1 Å². The van der Waals surface area contributed by atoms with E-state index in [1.807, 2.05) is 24.3 Å². The van der Waals surface area contributed by atoms with Gasteiger partial charge in [-0.3, -0.25) is 4.79 Å². The van der Waals surface area contributed by atoms with E-state index in [0.717, 1.165) is 10.9 Å². The van der Waals surface area contributed by atoms with E-state index in [1.54, 1.807) is 24.4 Å². The molecule has 1 aromatic heterocycles. The molecule has 0 saturated carbocycles. The number of aromatic amines is 1. The number of rotatable bonds is 2. The van der Waals surface area contributed by atoms with Crippen molar-refractivity contribution in [3.63, 3.8) is 0 Å². The predicted molar refractivity (Wildman–Crippen MR) is 80.3 cm³/mol. The van der Waals surface area contributed by atoms with E-state index >= 15 is 0 Å². The average Bonchev–Trinajstić information content (AvgIpc) is 2.85. The molecule has 19 heavy (non-hydrogen) atoms. The fourth-order valence-electron chi connectivity index (χ4n) is 2.13. The van der Waals surface area contributed by atoms with Crippen LogP contribution in [0.1, 0.15) is 15.9 Å². The highest BCUT2D eigenvalue weighted by molar-refractivity contribution is 9.10. The number of ketones is 1. The lowest BCUT2D eigenvalue weighted by molar-refractivity contribution is 0.103. The maximum Gasteiger partial charge on any atom is 0.196 e. The van der Waals surface area contributed by atoms with Gasteiger partial charge in [-0.1, -0.05) is 24.3 Å². The van der Waals surface area contributed by atoms with Crippen molar-refractivity contribution in [1.82, 2.24) is 4.98 Å². The Hall–Kier alpha value is -2.07. The Balaban J connectivity index is 2.17. The summed E-state index contributed by atoms with van der Waals surface area (Å²) in [7, 11) is 0. The van der Waals surface area contributed by atoms with E-state index in [0.29, 0.717) is 21.3 Å². The van der Waals surface area contributed by atoms with E-state index < -0.39 is 0 Å². The summed E-state index contributed by atoms with van der Waals surface area (Å²) in [5, 5.41) is 0.918. The monoisotopic (exact) mass is 314 g/mol. The molecule has 3 N–H and O–H groups in total. The van der Waals surface area contributed by atoms with Crippen molar-refractivity contribution in [2.24, 2.45) is 0 Å². The molecule has 0 radical (unpaired) electrons. The number of carbonyl (C=O) groups is 1. The van der Waals surface area contributed by atoms with Crippen LogP contribution in [-0.2, 0) is 0 Å². The maximum absolute atomic E-state index is 12.6. The summed E-state index contributed by atoms with van der Waals surface area (Å²) in [6.07, 6.45) is 1.74. The van der Waals surface area contributed by atoms with Gasteiger partial charge in [0, 0.05) is 33.9 Å². The van der Waals surface area contributed by atoms with Gasteiger partial charge < -0.3 is 10.7 Å². The number of nitrogens with one attached hydrogen (secondary N) is 1. The average molecular weight is 315 g/mol. The summed E-state index contributed by atoms with van der Waals surface area (Å²) in [4.78, 5) is 15.7. The van der Waals surface area contributed by atoms with Crippen molar-refractivity contribution < 1.29 is 4.79 Å². The first-order valence-electron chi connectivity index (χ1n) is 5.83. The van der Waals surface area contributed by atoms with Crippen LogP contribution in [0.25, 0.3) is 10.9 Å². The molecule has 2 aromatic carbocycles. The minimum absolute atomic E-state index is 0.0448. The van der Waals surface area contributed by atoms with Gasteiger partial charge in [-0.25, -0.2) is 0 Å². The number of hydrogen-bond donors (Lipinski definition) is 2. The van der Waals surface area contributed by atoms with E-state index in [9.17, 15) is 4.79 Å². The molecule has 1 heterocycles. The molecule has 0 amide bonds. The fourth-order valence-corrected chi connectivity index (χ4v) is 2.57. The number of anilines is 1. The topological polar surface area (TPSA) is 58.9 Å². The molecule has 4 heteroatoms. The number of para-hydroxylation sites is 1. The summed E-state index contributed by atoms with van der Waals surface area (Å²) in [6, 6.07) is 13.0. The minimum Gasteiger partial charge on any atom is -0.398 e. The summed E-state index contributed by atoms with van der Waals surface area (Å²) in [5.74, 6) is -0.0448. The maximum atomic E-state index is 12.6. The van der Waals surface area contributed by atoms with Crippen LogP contribution in [0.4, 0.5) is 5.69 Å². The first kappa shape index (κ1) is 12.0. The number of carbonyl (C=O) groups excluding carboxylic acids is 1. The lowest BCUT2D eigenvalue weighted by Crippen LogP contribution is -2.03. The minimum atomic E-state index is -0.0448. The third kappa shape index (κ3) is 1.94. The number of fused-ring (bicyclic) bond motifs is 1. The second-order valence-electron chi connectivity index (χ2n) is 4.29. The predicted octanol–water partition coefficient (Wildman–Crippen LogP) is 3.74. The molecule has 0 saturated heterocycles. The first-order valence-corrected chi connectivity index (χ1v) is 6.62. The molecule has 0 atom stereocenters. The van der Waals surface area contributed by atoms with Gasteiger partial charge in [-0.2, -0.15) is 0 Å². The summed E-state index contributed by atoms with van der Waals surface area (Å²) < 4.78 is 0.644. The number of aromatic nitrogens is 1. The zero-order chi connectivity index (χ0) is 13.4. The Morgan fingerprint density at radius 2 is 1.84 bits per heavy atom. The van der Waals surface area contributed by atoms with Gasteiger partial charge in [0.2, 0.25) is 0 Å². The van der Waals surface area contributed by atoms with Gasteiger partial charge >= 0.3 is 0 Å². The number of benzene rings is 2. The van der Waals surface area contributed by atoms with Crippen LogP contribution in [0.3, 0.4) is 0 Å². The lowest BCUT2D eigenvalue weighted by atomic mass is 10.0. The molecular weight excluding hydrogens is 304 g/mol. The normalized spacial score (nSPS) is 10.8. The van der Waals surface area contributed by atoms with Crippen LogP contribution in [0.5, 0.6) is 0 Å². The lowest BCUT2D eigenvalue weighted by Gasteiger charge is -2.05. The highest BCUT2D eigenvalue weighted by Crippen LogP contribution is 2.28. The van der Waals surface area contributed by atoms with E-state index in [2.05, 4.69) is 20.9 Å². The van der Waals surface area contributed by atoms with Gasteiger partial charge in [0.15, 0.2) is 5.78 Å². The fraction of sp³-hybridized carbons (Fsp3) is 0. The Morgan fingerprint density at radius 3 is 2.68 bits per heavy atom. The molecule has 0 fully saturated rings. The molecular formula is C15H11BrN2O. The van der Waals surface area contributed by atoms with E-state index in [1.165, 1.54) is 0 Å². The molecule has 3 aromatic rings. The molecule has 0 bridgehead atoms. The first-order chi connectivity index (χ1) is 9.18.